The third-order valence-electron chi connectivity index (χ3n) is 5.12. The second kappa shape index (κ2) is 7.66. The number of anilines is 1. The van der Waals surface area contributed by atoms with Gasteiger partial charge in [-0.1, -0.05) is 6.07 Å². The summed E-state index contributed by atoms with van der Waals surface area (Å²) in [6.07, 6.45) is 4.02. The SMILES string of the molecule is Cc1cc(N)cc(-c2cnc([C@]3(C(N)=O)CC[C@@H](NC(=O)CO)CC3)s2)c1. The smallest absolute Gasteiger partial charge is 0.245 e. The first-order valence-corrected chi connectivity index (χ1v) is 9.69. The van der Waals surface area contributed by atoms with E-state index in [9.17, 15) is 9.59 Å². The van der Waals surface area contributed by atoms with Crippen LogP contribution in [0.15, 0.2) is 24.4 Å². The molecule has 0 atom stereocenters. The fraction of sp³-hybridized carbons (Fsp3) is 0.421. The Bertz CT molecular complexity index is 836. The van der Waals surface area contributed by atoms with E-state index in [-0.39, 0.29) is 11.9 Å². The lowest BCUT2D eigenvalue weighted by Crippen LogP contribution is -2.48. The number of nitrogens with one attached hydrogen (secondary N) is 1. The highest BCUT2D eigenvalue weighted by atomic mass is 32.1. The molecule has 1 aliphatic carbocycles. The number of amides is 2. The molecule has 8 heteroatoms. The highest BCUT2D eigenvalue weighted by Gasteiger charge is 2.44. The summed E-state index contributed by atoms with van der Waals surface area (Å²) in [5, 5.41) is 12.4. The van der Waals surface area contributed by atoms with Crippen molar-refractivity contribution in [3.8, 4) is 10.4 Å². The summed E-state index contributed by atoms with van der Waals surface area (Å²) in [7, 11) is 0. The van der Waals surface area contributed by atoms with Crippen molar-refractivity contribution in [2.75, 3.05) is 12.3 Å². The largest absolute Gasteiger partial charge is 0.399 e. The molecule has 0 saturated heterocycles. The Morgan fingerprint density at radius 3 is 2.63 bits per heavy atom. The van der Waals surface area contributed by atoms with Gasteiger partial charge in [0.2, 0.25) is 11.8 Å². The molecule has 2 amide bonds. The summed E-state index contributed by atoms with van der Waals surface area (Å²) in [6, 6.07) is 5.76. The summed E-state index contributed by atoms with van der Waals surface area (Å²) in [6.45, 7) is 1.45. The van der Waals surface area contributed by atoms with Crippen molar-refractivity contribution in [3.63, 3.8) is 0 Å². The summed E-state index contributed by atoms with van der Waals surface area (Å²) in [5.74, 6) is -0.792. The van der Waals surface area contributed by atoms with Gasteiger partial charge in [-0.15, -0.1) is 11.3 Å². The molecule has 1 aliphatic rings. The Balaban J connectivity index is 1.84. The van der Waals surface area contributed by atoms with Crippen LogP contribution in [0, 0.1) is 6.92 Å². The summed E-state index contributed by atoms with van der Waals surface area (Å²) < 4.78 is 0. The van der Waals surface area contributed by atoms with E-state index in [0.717, 1.165) is 16.0 Å². The number of benzene rings is 1. The molecule has 7 nitrogen and oxygen atoms in total. The molecule has 3 rings (SSSR count). The number of hydrogen-bond acceptors (Lipinski definition) is 6. The number of aliphatic hydroxyl groups excluding tert-OH is 1. The van der Waals surface area contributed by atoms with Gasteiger partial charge in [0.15, 0.2) is 0 Å². The predicted molar refractivity (Wildman–Crippen MR) is 105 cm³/mol. The zero-order valence-electron chi connectivity index (χ0n) is 15.2. The first-order valence-electron chi connectivity index (χ1n) is 8.88. The maximum Gasteiger partial charge on any atom is 0.245 e. The number of nitrogens with zero attached hydrogens (tertiary/aromatic N) is 1. The first-order chi connectivity index (χ1) is 12.8. The molecule has 0 bridgehead atoms. The number of thiazole rings is 1. The lowest BCUT2D eigenvalue weighted by molar-refractivity contribution is -0.126. The molecule has 1 aromatic heterocycles. The predicted octanol–water partition coefficient (Wildman–Crippen LogP) is 1.47. The van der Waals surface area contributed by atoms with Crippen molar-refractivity contribution < 1.29 is 14.7 Å². The number of rotatable bonds is 5. The number of carbonyl (C=O) groups is 2. The fourth-order valence-corrected chi connectivity index (χ4v) is 4.83. The monoisotopic (exact) mass is 388 g/mol. The van der Waals surface area contributed by atoms with Gasteiger partial charge in [0.05, 0.1) is 4.88 Å². The van der Waals surface area contributed by atoms with E-state index in [4.69, 9.17) is 16.6 Å². The number of nitrogens with two attached hydrogens (primary N) is 2. The third-order valence-corrected chi connectivity index (χ3v) is 6.37. The van der Waals surface area contributed by atoms with Crippen LogP contribution in [-0.2, 0) is 15.0 Å². The fourth-order valence-electron chi connectivity index (χ4n) is 3.68. The highest BCUT2D eigenvalue weighted by molar-refractivity contribution is 7.15. The van der Waals surface area contributed by atoms with Crippen LogP contribution in [0.5, 0.6) is 0 Å². The van der Waals surface area contributed by atoms with Crippen LogP contribution in [0.2, 0.25) is 0 Å². The van der Waals surface area contributed by atoms with Gasteiger partial charge in [-0.2, -0.15) is 0 Å². The Morgan fingerprint density at radius 2 is 2.04 bits per heavy atom. The van der Waals surface area contributed by atoms with Crippen LogP contribution < -0.4 is 16.8 Å². The molecule has 0 radical (unpaired) electrons. The molecule has 1 saturated carbocycles. The van der Waals surface area contributed by atoms with Gasteiger partial charge < -0.3 is 21.9 Å². The van der Waals surface area contributed by atoms with Crippen molar-refractivity contribution in [2.24, 2.45) is 5.73 Å². The van der Waals surface area contributed by atoms with Gasteiger partial charge in [0.25, 0.3) is 0 Å². The molecule has 0 aliphatic heterocycles. The average Bonchev–Trinajstić information content (AvgIpc) is 3.12. The van der Waals surface area contributed by atoms with Gasteiger partial charge in [-0.05, 0) is 55.9 Å². The minimum Gasteiger partial charge on any atom is -0.399 e. The number of aliphatic hydroxyl groups is 1. The van der Waals surface area contributed by atoms with E-state index >= 15 is 0 Å². The Morgan fingerprint density at radius 1 is 1.33 bits per heavy atom. The number of carbonyl (C=O) groups excluding carboxylic acids is 2. The molecule has 144 valence electrons. The zero-order valence-corrected chi connectivity index (χ0v) is 16.0. The Kier molecular flexibility index (Phi) is 5.48. The van der Waals surface area contributed by atoms with Crippen LogP contribution in [-0.4, -0.2) is 34.6 Å². The highest BCUT2D eigenvalue weighted by Crippen LogP contribution is 2.43. The Hall–Kier alpha value is -2.45. The molecule has 0 unspecified atom stereocenters. The van der Waals surface area contributed by atoms with E-state index in [1.165, 1.54) is 11.3 Å². The zero-order chi connectivity index (χ0) is 19.6. The number of hydrogen-bond donors (Lipinski definition) is 4. The average molecular weight is 388 g/mol. The van der Waals surface area contributed by atoms with Gasteiger partial charge in [0, 0.05) is 17.9 Å². The minimum atomic E-state index is -0.821. The number of primary amides is 1. The quantitative estimate of drug-likeness (QED) is 0.576. The molecule has 1 aromatic carbocycles. The molecule has 1 heterocycles. The topological polar surface area (TPSA) is 131 Å². The minimum absolute atomic E-state index is 0.0619. The van der Waals surface area contributed by atoms with Crippen LogP contribution in [0.3, 0.4) is 0 Å². The lowest BCUT2D eigenvalue weighted by atomic mass is 9.72. The molecular formula is C19H24N4O3S. The summed E-state index contributed by atoms with van der Waals surface area (Å²) in [4.78, 5) is 29.2. The standard InChI is InChI=1S/C19H24N4O3S/c1-11-6-12(8-13(20)7-11)15-9-22-18(27-15)19(17(21)26)4-2-14(3-5-19)23-16(25)10-24/h6-9,14,24H,2-5,10,20H2,1H3,(H2,21,26)(H,23,25)/t14-,19-. The summed E-state index contributed by atoms with van der Waals surface area (Å²) in [5.41, 5.74) is 13.6. The maximum absolute atomic E-state index is 12.4. The van der Waals surface area contributed by atoms with E-state index in [1.807, 2.05) is 25.1 Å². The molecule has 27 heavy (non-hydrogen) atoms. The number of aromatic nitrogens is 1. The van der Waals surface area contributed by atoms with Gasteiger partial charge in [0.1, 0.15) is 17.0 Å². The van der Waals surface area contributed by atoms with Crippen molar-refractivity contribution in [1.82, 2.24) is 10.3 Å². The molecule has 2 aromatic rings. The van der Waals surface area contributed by atoms with Crippen LogP contribution in [0.25, 0.3) is 10.4 Å². The molecule has 0 spiro atoms. The number of nitrogen functional groups attached to an aromatic ring is 1. The van der Waals surface area contributed by atoms with E-state index < -0.39 is 17.9 Å². The molecule has 1 fully saturated rings. The second-order valence-corrected chi connectivity index (χ2v) is 8.14. The van der Waals surface area contributed by atoms with Crippen molar-refractivity contribution in [1.29, 1.82) is 0 Å². The van der Waals surface area contributed by atoms with Crippen LogP contribution in [0.1, 0.15) is 36.3 Å². The van der Waals surface area contributed by atoms with Crippen LogP contribution in [0.4, 0.5) is 5.69 Å². The van der Waals surface area contributed by atoms with Gasteiger partial charge >= 0.3 is 0 Å². The van der Waals surface area contributed by atoms with Gasteiger partial charge in [-0.25, -0.2) is 4.98 Å². The van der Waals surface area contributed by atoms with E-state index in [0.29, 0.717) is 36.4 Å². The first kappa shape index (κ1) is 19.3. The normalized spacial score (nSPS) is 22.4. The van der Waals surface area contributed by atoms with Crippen molar-refractivity contribution in [3.05, 3.63) is 35.0 Å². The van der Waals surface area contributed by atoms with E-state index in [2.05, 4.69) is 10.3 Å². The van der Waals surface area contributed by atoms with Gasteiger partial charge in [-0.3, -0.25) is 9.59 Å². The molecular weight excluding hydrogens is 364 g/mol. The Labute approximate surface area is 161 Å². The maximum atomic E-state index is 12.4. The summed E-state index contributed by atoms with van der Waals surface area (Å²) >= 11 is 1.46. The lowest BCUT2D eigenvalue weighted by Gasteiger charge is -2.36. The van der Waals surface area contributed by atoms with Crippen LogP contribution >= 0.6 is 11.3 Å². The number of aryl methyl sites for hydroxylation is 1. The van der Waals surface area contributed by atoms with Crippen molar-refractivity contribution >= 4 is 28.8 Å². The molecule has 6 N–H and O–H groups in total. The van der Waals surface area contributed by atoms with E-state index in [1.54, 1.807) is 6.20 Å². The van der Waals surface area contributed by atoms with Crippen molar-refractivity contribution in [2.45, 2.75) is 44.1 Å². The second-order valence-electron chi connectivity index (χ2n) is 7.11. The third kappa shape index (κ3) is 3.96.